The van der Waals surface area contributed by atoms with Crippen LogP contribution in [0.15, 0.2) is 11.3 Å². The summed E-state index contributed by atoms with van der Waals surface area (Å²) in [6.07, 6.45) is -3.65. The first-order valence-electron chi connectivity index (χ1n) is 8.11. The van der Waals surface area contributed by atoms with Gasteiger partial charge in [0.1, 0.15) is 18.3 Å². The van der Waals surface area contributed by atoms with Gasteiger partial charge in [-0.3, -0.25) is 13.9 Å². The second-order valence-corrected chi connectivity index (χ2v) is 10.6. The first kappa shape index (κ1) is 24.5. The minimum Gasteiger partial charge on any atom is -0.387 e. The van der Waals surface area contributed by atoms with Crippen molar-refractivity contribution in [1.82, 2.24) is 9.55 Å². The standard InChI is InChI=1S/C11H16N3O14P3/c15-5-1-2-12-10-7(5)13-4-14(10)11-9(17)8(16)6(26-11)3-25-30(21,22)28-31(23,24)27-29(18,19)20/h2,4,6,8-9,11,16-17H,1,3H2,(H,21,22)(H,23,24)(H2,18,19,20). The van der Waals surface area contributed by atoms with Gasteiger partial charge in [0, 0.05) is 12.6 Å². The Labute approximate surface area is 172 Å². The number of carbonyl (C=O) groups excluding carboxylic acids is 1. The van der Waals surface area contributed by atoms with Crippen LogP contribution in [0.4, 0.5) is 5.82 Å². The molecule has 2 aliphatic heterocycles. The average Bonchev–Trinajstić information content (AvgIpc) is 3.13. The number of nitrogens with zero attached hydrogens (tertiary/aromatic N) is 3. The Bertz CT molecular complexity index is 1030. The monoisotopic (exact) mass is 507 g/mol. The Hall–Kier alpha value is -1.16. The zero-order chi connectivity index (χ0) is 23.2. The molecule has 3 heterocycles. The number of ether oxygens (including phenoxy) is 1. The zero-order valence-electron chi connectivity index (χ0n) is 15.0. The van der Waals surface area contributed by atoms with E-state index in [1.54, 1.807) is 0 Å². The van der Waals surface area contributed by atoms with Crippen LogP contribution in [0.5, 0.6) is 0 Å². The van der Waals surface area contributed by atoms with E-state index in [0.717, 1.165) is 10.9 Å². The molecule has 6 atom stereocenters. The molecule has 0 radical (unpaired) electrons. The van der Waals surface area contributed by atoms with Crippen molar-refractivity contribution >= 4 is 41.3 Å². The summed E-state index contributed by atoms with van der Waals surface area (Å²) in [6.45, 7) is -0.975. The molecule has 2 aliphatic rings. The predicted molar refractivity (Wildman–Crippen MR) is 95.1 cm³/mol. The van der Waals surface area contributed by atoms with Gasteiger partial charge in [0.05, 0.1) is 12.9 Å². The fraction of sp³-hybridized carbons (Fsp3) is 0.545. The van der Waals surface area contributed by atoms with Crippen molar-refractivity contribution in [1.29, 1.82) is 0 Å². The third kappa shape index (κ3) is 5.80. The molecule has 0 spiro atoms. The minimum absolute atomic E-state index is 0.0181. The van der Waals surface area contributed by atoms with Crippen molar-refractivity contribution < 1.29 is 66.2 Å². The van der Waals surface area contributed by atoms with Crippen molar-refractivity contribution in [2.45, 2.75) is 31.0 Å². The highest BCUT2D eigenvalue weighted by atomic mass is 31.3. The number of ketones is 1. The van der Waals surface area contributed by atoms with Gasteiger partial charge >= 0.3 is 23.5 Å². The van der Waals surface area contributed by atoms with E-state index >= 15 is 0 Å². The molecular formula is C11H16N3O14P3. The Morgan fingerprint density at radius 3 is 2.42 bits per heavy atom. The quantitative estimate of drug-likeness (QED) is 0.234. The number of phosphoric ester groups is 1. The van der Waals surface area contributed by atoms with E-state index in [4.69, 9.17) is 19.4 Å². The van der Waals surface area contributed by atoms with Gasteiger partial charge in [-0.05, 0) is 0 Å². The zero-order valence-corrected chi connectivity index (χ0v) is 17.7. The van der Waals surface area contributed by atoms with E-state index in [-0.39, 0.29) is 23.7 Å². The topological polar surface area (TPSA) is 257 Å². The highest BCUT2D eigenvalue weighted by Crippen LogP contribution is 2.66. The Morgan fingerprint density at radius 1 is 1.10 bits per heavy atom. The van der Waals surface area contributed by atoms with Crippen LogP contribution < -0.4 is 0 Å². The summed E-state index contributed by atoms with van der Waals surface area (Å²) in [6, 6.07) is 0. The normalized spacial score (nSPS) is 30.1. The van der Waals surface area contributed by atoms with E-state index in [2.05, 4.69) is 23.1 Å². The second kappa shape index (κ2) is 8.65. The van der Waals surface area contributed by atoms with Gasteiger partial charge in [-0.25, -0.2) is 23.7 Å². The SMILES string of the molecule is O=C1CC=Nc2c1ncn2C1OC(COP(=O)(O)OP(=O)(O)OP(=O)(O)O)C(O)C1O. The summed E-state index contributed by atoms with van der Waals surface area (Å²) >= 11 is 0. The maximum atomic E-state index is 11.8. The molecule has 20 heteroatoms. The average molecular weight is 507 g/mol. The van der Waals surface area contributed by atoms with Gasteiger partial charge in [-0.15, -0.1) is 0 Å². The van der Waals surface area contributed by atoms with E-state index < -0.39 is 54.6 Å². The molecule has 174 valence electrons. The fourth-order valence-electron chi connectivity index (χ4n) is 2.74. The number of rotatable bonds is 8. The molecular weight excluding hydrogens is 491 g/mol. The molecule has 0 aromatic carbocycles. The van der Waals surface area contributed by atoms with Crippen molar-refractivity contribution in [3.05, 3.63) is 12.0 Å². The highest BCUT2D eigenvalue weighted by molar-refractivity contribution is 7.66. The summed E-state index contributed by atoms with van der Waals surface area (Å²) < 4.78 is 51.7. The number of aromatic nitrogens is 2. The van der Waals surface area contributed by atoms with Crippen LogP contribution in [0.1, 0.15) is 23.1 Å². The molecule has 0 saturated carbocycles. The van der Waals surface area contributed by atoms with Gasteiger partial charge in [-0.1, -0.05) is 0 Å². The molecule has 3 rings (SSSR count). The van der Waals surface area contributed by atoms with Gasteiger partial charge in [0.15, 0.2) is 23.5 Å². The van der Waals surface area contributed by atoms with E-state index in [9.17, 15) is 33.6 Å². The number of carbonyl (C=O) groups is 1. The molecule has 1 saturated heterocycles. The fourth-order valence-corrected chi connectivity index (χ4v) is 5.77. The summed E-state index contributed by atoms with van der Waals surface area (Å²) in [5.41, 5.74) is 0.0181. The highest BCUT2D eigenvalue weighted by Gasteiger charge is 2.47. The van der Waals surface area contributed by atoms with Crippen LogP contribution in [0.3, 0.4) is 0 Å². The molecule has 0 amide bonds. The number of phosphoric acid groups is 3. The number of aliphatic hydroxyl groups excluding tert-OH is 2. The maximum Gasteiger partial charge on any atom is 0.490 e. The Morgan fingerprint density at radius 2 is 1.77 bits per heavy atom. The lowest BCUT2D eigenvalue weighted by molar-refractivity contribution is -0.0512. The number of Topliss-reactive ketones (excluding diaryl/α,β-unsaturated/α-hetero) is 1. The summed E-state index contributed by atoms with van der Waals surface area (Å²) in [7, 11) is -16.7. The molecule has 1 fully saturated rings. The first-order valence-corrected chi connectivity index (χ1v) is 12.6. The van der Waals surface area contributed by atoms with Crippen molar-refractivity contribution in [2.75, 3.05) is 6.61 Å². The van der Waals surface area contributed by atoms with E-state index in [1.165, 1.54) is 6.21 Å². The van der Waals surface area contributed by atoms with Crippen LogP contribution in [0, 0.1) is 0 Å². The number of aliphatic hydroxyl groups is 2. The molecule has 6 unspecified atom stereocenters. The van der Waals surface area contributed by atoms with Crippen LogP contribution in [0.2, 0.25) is 0 Å². The van der Waals surface area contributed by atoms with Crippen LogP contribution in [-0.2, 0) is 31.6 Å². The molecule has 6 N–H and O–H groups in total. The number of hydrogen-bond donors (Lipinski definition) is 6. The molecule has 0 bridgehead atoms. The lowest BCUT2D eigenvalue weighted by Crippen LogP contribution is -2.33. The van der Waals surface area contributed by atoms with E-state index in [0.29, 0.717) is 0 Å². The third-order valence-electron chi connectivity index (χ3n) is 3.95. The largest absolute Gasteiger partial charge is 0.490 e. The minimum atomic E-state index is -5.71. The summed E-state index contributed by atoms with van der Waals surface area (Å²) in [4.78, 5) is 55.2. The van der Waals surface area contributed by atoms with Gasteiger partial charge in [0.2, 0.25) is 0 Å². The Balaban J connectivity index is 1.67. The second-order valence-electron chi connectivity index (χ2n) is 6.20. The summed E-state index contributed by atoms with van der Waals surface area (Å²) in [5, 5.41) is 20.4. The van der Waals surface area contributed by atoms with Crippen molar-refractivity contribution in [3.63, 3.8) is 0 Å². The lowest BCUT2D eigenvalue weighted by Gasteiger charge is -2.19. The van der Waals surface area contributed by atoms with Gasteiger partial charge in [-0.2, -0.15) is 8.62 Å². The third-order valence-corrected chi connectivity index (χ3v) is 7.75. The molecule has 31 heavy (non-hydrogen) atoms. The molecule has 17 nitrogen and oxygen atoms in total. The lowest BCUT2D eigenvalue weighted by atomic mass is 10.1. The van der Waals surface area contributed by atoms with Crippen LogP contribution in [-0.4, -0.2) is 76.3 Å². The number of hydrogen-bond acceptors (Lipinski definition) is 12. The predicted octanol–water partition coefficient (Wildman–Crippen LogP) is -0.866. The number of aliphatic imine (C=N–C) groups is 1. The smallest absolute Gasteiger partial charge is 0.387 e. The van der Waals surface area contributed by atoms with Crippen molar-refractivity contribution in [3.8, 4) is 0 Å². The maximum absolute atomic E-state index is 11.8. The van der Waals surface area contributed by atoms with Gasteiger partial charge < -0.3 is 34.5 Å². The Kier molecular flexibility index (Phi) is 6.83. The van der Waals surface area contributed by atoms with Gasteiger partial charge in [0.25, 0.3) is 0 Å². The number of fused-ring (bicyclic) bond motifs is 1. The molecule has 1 aromatic rings. The van der Waals surface area contributed by atoms with Crippen LogP contribution in [0.25, 0.3) is 0 Å². The van der Waals surface area contributed by atoms with Crippen molar-refractivity contribution in [2.24, 2.45) is 4.99 Å². The van der Waals surface area contributed by atoms with E-state index in [1.807, 2.05) is 0 Å². The summed E-state index contributed by atoms with van der Waals surface area (Å²) in [5.74, 6) is -0.276. The number of imidazole rings is 1. The van der Waals surface area contributed by atoms with Crippen LogP contribution >= 0.6 is 23.5 Å². The molecule has 0 aliphatic carbocycles. The molecule has 1 aromatic heterocycles. The first-order chi connectivity index (χ1) is 14.2.